The van der Waals surface area contributed by atoms with Crippen LogP contribution in [-0.2, 0) is 4.79 Å². The van der Waals surface area contributed by atoms with Crippen LogP contribution in [-0.4, -0.2) is 28.1 Å². The van der Waals surface area contributed by atoms with E-state index < -0.39 is 11.9 Å². The van der Waals surface area contributed by atoms with Crippen molar-refractivity contribution in [3.63, 3.8) is 0 Å². The van der Waals surface area contributed by atoms with Gasteiger partial charge >= 0.3 is 5.97 Å². The van der Waals surface area contributed by atoms with Crippen molar-refractivity contribution in [2.75, 3.05) is 10.6 Å². The highest BCUT2D eigenvalue weighted by atomic mass is 32.2. The van der Waals surface area contributed by atoms with Crippen LogP contribution in [0, 0.1) is 13.8 Å². The van der Waals surface area contributed by atoms with E-state index in [0.717, 1.165) is 21.7 Å². The van der Waals surface area contributed by atoms with Gasteiger partial charge in [-0.2, -0.15) is 0 Å². The Morgan fingerprint density at radius 2 is 1.59 bits per heavy atom. The number of aromatic carboxylic acids is 1. The quantitative estimate of drug-likeness (QED) is 0.422. The van der Waals surface area contributed by atoms with Crippen molar-refractivity contribution in [2.24, 2.45) is 0 Å². The molecule has 32 heavy (non-hydrogen) atoms. The molecule has 0 aliphatic carbocycles. The Balaban J connectivity index is 1.68. The molecule has 3 rings (SSSR count). The van der Waals surface area contributed by atoms with Crippen LogP contribution in [0.4, 0.5) is 11.4 Å². The molecular weight excluding hydrogens is 424 g/mol. The van der Waals surface area contributed by atoms with E-state index in [9.17, 15) is 19.5 Å². The fourth-order valence-corrected chi connectivity index (χ4v) is 4.00. The number of nitrogens with one attached hydrogen (secondary N) is 2. The van der Waals surface area contributed by atoms with Gasteiger partial charge in [-0.1, -0.05) is 30.3 Å². The van der Waals surface area contributed by atoms with Gasteiger partial charge in [0.15, 0.2) is 0 Å². The summed E-state index contributed by atoms with van der Waals surface area (Å²) in [5, 5.41) is 14.6. The first-order valence-electron chi connectivity index (χ1n) is 10.0. The summed E-state index contributed by atoms with van der Waals surface area (Å²) < 4.78 is 0. The fourth-order valence-electron chi connectivity index (χ4n) is 3.08. The van der Waals surface area contributed by atoms with E-state index >= 15 is 0 Å². The van der Waals surface area contributed by atoms with Gasteiger partial charge in [0.2, 0.25) is 5.91 Å². The molecule has 0 fully saturated rings. The van der Waals surface area contributed by atoms with Gasteiger partial charge in [0.05, 0.1) is 16.4 Å². The van der Waals surface area contributed by atoms with Crippen LogP contribution in [0.25, 0.3) is 0 Å². The number of carboxylic acid groups (broad SMARTS) is 1. The molecule has 0 radical (unpaired) electrons. The van der Waals surface area contributed by atoms with Crippen molar-refractivity contribution < 1.29 is 19.5 Å². The molecule has 6 nitrogen and oxygen atoms in total. The Morgan fingerprint density at radius 3 is 2.31 bits per heavy atom. The zero-order chi connectivity index (χ0) is 23.3. The van der Waals surface area contributed by atoms with Crippen molar-refractivity contribution >= 4 is 40.9 Å². The zero-order valence-corrected chi connectivity index (χ0v) is 18.8. The lowest BCUT2D eigenvalue weighted by molar-refractivity contribution is -0.115. The molecule has 0 aliphatic rings. The first kappa shape index (κ1) is 23.1. The van der Waals surface area contributed by atoms with E-state index in [1.807, 2.05) is 45.0 Å². The van der Waals surface area contributed by atoms with E-state index in [0.29, 0.717) is 5.69 Å². The molecule has 0 saturated heterocycles. The number of hydrogen-bond acceptors (Lipinski definition) is 4. The highest BCUT2D eigenvalue weighted by molar-refractivity contribution is 8.00. The lowest BCUT2D eigenvalue weighted by Gasteiger charge is -2.15. The van der Waals surface area contributed by atoms with E-state index in [4.69, 9.17) is 0 Å². The van der Waals surface area contributed by atoms with Gasteiger partial charge < -0.3 is 15.7 Å². The molecule has 0 aliphatic heterocycles. The SMILES string of the molecule is Cc1ccc(C)c(NC(=O)C(C)Sc2cccc(NC(=O)c3ccccc3C(=O)O)c2)c1. The van der Waals surface area contributed by atoms with Gasteiger partial charge in [-0.15, -0.1) is 11.8 Å². The zero-order valence-electron chi connectivity index (χ0n) is 18.0. The third-order valence-electron chi connectivity index (χ3n) is 4.83. The Labute approximate surface area is 191 Å². The standard InChI is InChI=1S/C25H24N2O4S/c1-15-11-12-16(2)22(13-15)27-23(28)17(3)32-19-8-6-7-18(14-19)26-24(29)20-9-4-5-10-21(20)25(30)31/h4-14,17H,1-3H3,(H,26,29)(H,27,28)(H,30,31). The molecule has 2 amide bonds. The van der Waals surface area contributed by atoms with Crippen LogP contribution in [0.2, 0.25) is 0 Å². The number of rotatable bonds is 7. The molecule has 0 spiro atoms. The van der Waals surface area contributed by atoms with E-state index in [2.05, 4.69) is 10.6 Å². The van der Waals surface area contributed by atoms with Crippen molar-refractivity contribution in [3.8, 4) is 0 Å². The second-order valence-electron chi connectivity index (χ2n) is 7.40. The summed E-state index contributed by atoms with van der Waals surface area (Å²) in [7, 11) is 0. The molecule has 3 aromatic rings. The second-order valence-corrected chi connectivity index (χ2v) is 8.81. The number of thioether (sulfide) groups is 1. The lowest BCUT2D eigenvalue weighted by atomic mass is 10.1. The number of aryl methyl sites for hydroxylation is 2. The van der Waals surface area contributed by atoms with Crippen molar-refractivity contribution in [1.29, 1.82) is 0 Å². The molecule has 0 aromatic heterocycles. The fraction of sp³-hybridized carbons (Fsp3) is 0.160. The summed E-state index contributed by atoms with van der Waals surface area (Å²) in [6, 6.07) is 19.1. The van der Waals surface area contributed by atoms with Crippen LogP contribution in [0.15, 0.2) is 71.6 Å². The summed E-state index contributed by atoms with van der Waals surface area (Å²) >= 11 is 1.37. The predicted molar refractivity (Wildman–Crippen MR) is 128 cm³/mol. The molecule has 1 atom stereocenters. The van der Waals surface area contributed by atoms with Crippen LogP contribution in [0.5, 0.6) is 0 Å². The molecule has 3 aromatic carbocycles. The highest BCUT2D eigenvalue weighted by Gasteiger charge is 2.18. The van der Waals surface area contributed by atoms with Gasteiger partial charge in [0.1, 0.15) is 0 Å². The number of carbonyl (C=O) groups excluding carboxylic acids is 2. The molecule has 1 unspecified atom stereocenters. The third-order valence-corrected chi connectivity index (χ3v) is 5.92. The summed E-state index contributed by atoms with van der Waals surface area (Å²) in [4.78, 5) is 37.4. The third kappa shape index (κ3) is 5.76. The van der Waals surface area contributed by atoms with Gasteiger partial charge in [-0.25, -0.2) is 4.79 Å². The van der Waals surface area contributed by atoms with Gasteiger partial charge in [0.25, 0.3) is 5.91 Å². The summed E-state index contributed by atoms with van der Waals surface area (Å²) in [5.41, 5.74) is 3.39. The minimum Gasteiger partial charge on any atom is -0.478 e. The Hall–Kier alpha value is -3.58. The average molecular weight is 449 g/mol. The summed E-state index contributed by atoms with van der Waals surface area (Å²) in [5.74, 6) is -1.79. The topological polar surface area (TPSA) is 95.5 Å². The van der Waals surface area contributed by atoms with Crippen molar-refractivity contribution in [1.82, 2.24) is 0 Å². The minimum absolute atomic E-state index is 0.0627. The first-order chi connectivity index (χ1) is 15.2. The first-order valence-corrected chi connectivity index (χ1v) is 10.9. The summed E-state index contributed by atoms with van der Waals surface area (Å²) in [6.45, 7) is 5.74. The Bertz CT molecular complexity index is 1180. The van der Waals surface area contributed by atoms with Crippen LogP contribution in [0.1, 0.15) is 38.8 Å². The van der Waals surface area contributed by atoms with Crippen LogP contribution >= 0.6 is 11.8 Å². The maximum absolute atomic E-state index is 12.7. The number of amides is 2. The summed E-state index contributed by atoms with van der Waals surface area (Å²) in [6.07, 6.45) is 0. The normalized spacial score (nSPS) is 11.5. The van der Waals surface area contributed by atoms with Gasteiger partial charge in [0, 0.05) is 16.3 Å². The Morgan fingerprint density at radius 1 is 0.875 bits per heavy atom. The number of anilines is 2. The van der Waals surface area contributed by atoms with E-state index in [-0.39, 0.29) is 22.3 Å². The second kappa shape index (κ2) is 10.2. The van der Waals surface area contributed by atoms with Gasteiger partial charge in [-0.05, 0) is 68.3 Å². The largest absolute Gasteiger partial charge is 0.478 e. The molecule has 3 N–H and O–H groups in total. The Kier molecular flexibility index (Phi) is 7.33. The monoisotopic (exact) mass is 448 g/mol. The van der Waals surface area contributed by atoms with Crippen LogP contribution in [0.3, 0.4) is 0 Å². The highest BCUT2D eigenvalue weighted by Crippen LogP contribution is 2.27. The molecule has 0 saturated carbocycles. The molecular formula is C25H24N2O4S. The lowest BCUT2D eigenvalue weighted by Crippen LogP contribution is -2.22. The maximum Gasteiger partial charge on any atom is 0.336 e. The molecule has 7 heteroatoms. The van der Waals surface area contributed by atoms with Crippen molar-refractivity contribution in [3.05, 3.63) is 89.0 Å². The smallest absolute Gasteiger partial charge is 0.336 e. The van der Waals surface area contributed by atoms with Crippen LogP contribution < -0.4 is 10.6 Å². The van der Waals surface area contributed by atoms with Gasteiger partial charge in [-0.3, -0.25) is 9.59 Å². The number of carbonyl (C=O) groups is 3. The molecule has 0 heterocycles. The van der Waals surface area contributed by atoms with Crippen molar-refractivity contribution in [2.45, 2.75) is 30.9 Å². The number of hydrogen-bond donors (Lipinski definition) is 3. The van der Waals surface area contributed by atoms with E-state index in [1.54, 1.807) is 30.3 Å². The number of benzene rings is 3. The molecule has 164 valence electrons. The molecule has 0 bridgehead atoms. The minimum atomic E-state index is -1.16. The number of carboxylic acids is 1. The average Bonchev–Trinajstić information content (AvgIpc) is 2.76. The predicted octanol–water partition coefficient (Wildman–Crippen LogP) is 5.37. The maximum atomic E-state index is 12.7. The van der Waals surface area contributed by atoms with E-state index in [1.165, 1.54) is 23.9 Å².